The third-order valence-corrected chi connectivity index (χ3v) is 9.80. The molecule has 6 aromatic heterocycles. The monoisotopic (exact) mass is 604 g/mol. The van der Waals surface area contributed by atoms with E-state index in [4.69, 9.17) is 18.8 Å². The molecule has 0 saturated heterocycles. The highest BCUT2D eigenvalue weighted by Gasteiger charge is 2.24. The summed E-state index contributed by atoms with van der Waals surface area (Å²) in [5.41, 5.74) is 8.42. The van der Waals surface area contributed by atoms with Gasteiger partial charge in [-0.25, -0.2) is 9.97 Å². The number of furan rings is 2. The molecule has 0 spiro atoms. The van der Waals surface area contributed by atoms with Crippen molar-refractivity contribution in [2.45, 2.75) is 6.92 Å². The molecule has 0 aliphatic heterocycles. The van der Waals surface area contributed by atoms with Gasteiger partial charge in [0, 0.05) is 61.0 Å². The first-order valence-electron chi connectivity index (χ1n) is 15.8. The summed E-state index contributed by atoms with van der Waals surface area (Å²) in [5.74, 6) is 1.55. The van der Waals surface area contributed by atoms with Gasteiger partial charge in [0.2, 0.25) is 0 Å². The number of hydrogen-bond donors (Lipinski definition) is 0. The standard InChI is InChI=1S/C41H24N4O2/c1-23-36-30(28-18-20-42-40(38(28)46-36)44-32-14-6-2-10-24(32)25-11-3-7-15-33(25)44)22-31-29-19-21-43-41(39(29)47-37(23)31)45-34-16-8-4-12-26(34)27-13-5-9-17-35(27)45/h2-22H,1H3. The summed E-state index contributed by atoms with van der Waals surface area (Å²) in [6.45, 7) is 2.08. The highest BCUT2D eigenvalue weighted by atomic mass is 16.3. The Balaban J connectivity index is 1.21. The Hall–Kier alpha value is -6.40. The van der Waals surface area contributed by atoms with Crippen LogP contribution < -0.4 is 0 Å². The van der Waals surface area contributed by atoms with Crippen LogP contribution in [0.3, 0.4) is 0 Å². The van der Waals surface area contributed by atoms with Gasteiger partial charge < -0.3 is 8.83 Å². The first-order valence-corrected chi connectivity index (χ1v) is 15.8. The van der Waals surface area contributed by atoms with Crippen molar-refractivity contribution in [2.24, 2.45) is 0 Å². The smallest absolute Gasteiger partial charge is 0.181 e. The zero-order valence-electron chi connectivity index (χ0n) is 25.2. The number of aryl methyl sites for hydroxylation is 1. The molecule has 6 heteroatoms. The molecular weight excluding hydrogens is 580 g/mol. The van der Waals surface area contributed by atoms with Crippen molar-refractivity contribution < 1.29 is 8.83 Å². The maximum atomic E-state index is 6.79. The zero-order chi connectivity index (χ0) is 30.8. The van der Waals surface area contributed by atoms with Gasteiger partial charge in [0.25, 0.3) is 0 Å². The van der Waals surface area contributed by atoms with Crippen LogP contribution >= 0.6 is 0 Å². The predicted molar refractivity (Wildman–Crippen MR) is 190 cm³/mol. The SMILES string of the molecule is Cc1c2oc3c(-n4c5ccccc5c5ccccc54)nccc3c2cc2c1oc1c(-n3c4ccccc4c4ccccc43)nccc12. The van der Waals surface area contributed by atoms with Gasteiger partial charge in [-0.05, 0) is 49.4 Å². The molecule has 11 aromatic rings. The Morgan fingerprint density at radius 1 is 0.404 bits per heavy atom. The van der Waals surface area contributed by atoms with E-state index in [1.54, 1.807) is 0 Å². The molecule has 0 unspecified atom stereocenters. The van der Waals surface area contributed by atoms with Gasteiger partial charge in [0.1, 0.15) is 11.2 Å². The molecule has 0 aliphatic carbocycles. The minimum absolute atomic E-state index is 0.752. The van der Waals surface area contributed by atoms with Crippen molar-refractivity contribution in [1.82, 2.24) is 19.1 Å². The lowest BCUT2D eigenvalue weighted by Crippen LogP contribution is -1.97. The van der Waals surface area contributed by atoms with E-state index in [-0.39, 0.29) is 0 Å². The van der Waals surface area contributed by atoms with Crippen LogP contribution in [-0.2, 0) is 0 Å². The number of para-hydroxylation sites is 4. The Morgan fingerprint density at radius 2 is 0.766 bits per heavy atom. The summed E-state index contributed by atoms with van der Waals surface area (Å²) in [6.07, 6.45) is 3.76. The fourth-order valence-electron chi connectivity index (χ4n) is 7.77. The van der Waals surface area contributed by atoms with Crippen LogP contribution in [0.2, 0.25) is 0 Å². The second-order valence-corrected chi connectivity index (χ2v) is 12.2. The Labute approximate surface area is 266 Å². The highest BCUT2D eigenvalue weighted by Crippen LogP contribution is 2.43. The van der Waals surface area contributed by atoms with E-state index in [1.807, 2.05) is 12.4 Å². The molecule has 0 aliphatic rings. The maximum absolute atomic E-state index is 6.79. The summed E-state index contributed by atoms with van der Waals surface area (Å²) in [5, 5.41) is 8.85. The van der Waals surface area contributed by atoms with Gasteiger partial charge in [-0.1, -0.05) is 72.8 Å². The normalized spacial score (nSPS) is 12.4. The van der Waals surface area contributed by atoms with Crippen molar-refractivity contribution in [3.8, 4) is 11.6 Å². The van der Waals surface area contributed by atoms with Crippen LogP contribution in [-0.4, -0.2) is 19.1 Å². The summed E-state index contributed by atoms with van der Waals surface area (Å²) >= 11 is 0. The van der Waals surface area contributed by atoms with Crippen LogP contribution in [0.15, 0.2) is 136 Å². The van der Waals surface area contributed by atoms with E-state index < -0.39 is 0 Å². The second kappa shape index (κ2) is 8.86. The zero-order valence-corrected chi connectivity index (χ0v) is 25.2. The van der Waals surface area contributed by atoms with Gasteiger partial charge in [0.15, 0.2) is 22.8 Å². The fraction of sp³-hybridized carbons (Fsp3) is 0.0244. The van der Waals surface area contributed by atoms with Crippen LogP contribution in [0.25, 0.3) is 99.1 Å². The van der Waals surface area contributed by atoms with Gasteiger partial charge in [-0.2, -0.15) is 0 Å². The second-order valence-electron chi connectivity index (χ2n) is 12.2. The Morgan fingerprint density at radius 3 is 1.15 bits per heavy atom. The average Bonchev–Trinajstić information content (AvgIpc) is 3.87. The van der Waals surface area contributed by atoms with E-state index in [0.717, 1.165) is 83.1 Å². The summed E-state index contributed by atoms with van der Waals surface area (Å²) in [7, 11) is 0. The van der Waals surface area contributed by atoms with Crippen molar-refractivity contribution in [2.75, 3.05) is 0 Å². The van der Waals surface area contributed by atoms with Gasteiger partial charge in [-0.15, -0.1) is 0 Å². The lowest BCUT2D eigenvalue weighted by atomic mass is 10.1. The maximum Gasteiger partial charge on any atom is 0.181 e. The molecule has 0 fully saturated rings. The molecule has 47 heavy (non-hydrogen) atoms. The van der Waals surface area contributed by atoms with Gasteiger partial charge in [0.05, 0.1) is 22.1 Å². The van der Waals surface area contributed by atoms with E-state index in [2.05, 4.69) is 131 Å². The first kappa shape index (κ1) is 24.9. The largest absolute Gasteiger partial charge is 0.452 e. The molecule has 0 bridgehead atoms. The molecule has 0 saturated carbocycles. The molecule has 5 aromatic carbocycles. The third kappa shape index (κ3) is 3.14. The molecule has 0 radical (unpaired) electrons. The van der Waals surface area contributed by atoms with E-state index in [1.165, 1.54) is 21.5 Å². The lowest BCUT2D eigenvalue weighted by Gasteiger charge is -2.07. The molecular formula is C41H24N4O2. The highest BCUT2D eigenvalue weighted by molar-refractivity contribution is 6.19. The number of benzene rings is 5. The topological polar surface area (TPSA) is 61.9 Å². The molecule has 220 valence electrons. The molecule has 11 rings (SSSR count). The quantitative estimate of drug-likeness (QED) is 0.197. The minimum Gasteiger partial charge on any atom is -0.452 e. The van der Waals surface area contributed by atoms with E-state index in [0.29, 0.717) is 0 Å². The number of hydrogen-bond acceptors (Lipinski definition) is 4. The lowest BCUT2D eigenvalue weighted by molar-refractivity contribution is 0.646. The van der Waals surface area contributed by atoms with Crippen molar-refractivity contribution in [1.29, 1.82) is 0 Å². The summed E-state index contributed by atoms with van der Waals surface area (Å²) in [6, 6.07) is 40.2. The first-order chi connectivity index (χ1) is 23.3. The van der Waals surface area contributed by atoms with E-state index in [9.17, 15) is 0 Å². The molecule has 6 nitrogen and oxygen atoms in total. The number of fused-ring (bicyclic) bond motifs is 12. The Kier molecular flexibility index (Phi) is 4.69. The number of pyridine rings is 2. The van der Waals surface area contributed by atoms with Crippen molar-refractivity contribution in [3.63, 3.8) is 0 Å². The summed E-state index contributed by atoms with van der Waals surface area (Å²) < 4.78 is 18.0. The van der Waals surface area contributed by atoms with E-state index >= 15 is 0 Å². The summed E-state index contributed by atoms with van der Waals surface area (Å²) in [4.78, 5) is 9.81. The minimum atomic E-state index is 0.752. The van der Waals surface area contributed by atoms with Crippen LogP contribution in [0.1, 0.15) is 5.56 Å². The molecule has 6 heterocycles. The van der Waals surface area contributed by atoms with Crippen LogP contribution in [0.5, 0.6) is 0 Å². The fourth-order valence-corrected chi connectivity index (χ4v) is 7.77. The predicted octanol–water partition coefficient (Wildman–Crippen LogP) is 10.8. The number of rotatable bonds is 2. The van der Waals surface area contributed by atoms with Crippen molar-refractivity contribution in [3.05, 3.63) is 133 Å². The van der Waals surface area contributed by atoms with Crippen LogP contribution in [0, 0.1) is 6.92 Å². The molecule has 0 amide bonds. The van der Waals surface area contributed by atoms with Crippen LogP contribution in [0.4, 0.5) is 0 Å². The van der Waals surface area contributed by atoms with Gasteiger partial charge >= 0.3 is 0 Å². The number of aromatic nitrogens is 4. The molecule has 0 N–H and O–H groups in total. The third-order valence-electron chi connectivity index (χ3n) is 9.80. The molecule has 0 atom stereocenters. The van der Waals surface area contributed by atoms with Gasteiger partial charge in [-0.3, -0.25) is 9.13 Å². The average molecular weight is 605 g/mol. The number of nitrogens with zero attached hydrogens (tertiary/aromatic N) is 4. The van der Waals surface area contributed by atoms with Crippen molar-refractivity contribution >= 4 is 87.5 Å². The Bertz CT molecular complexity index is 2790.